The quantitative estimate of drug-likeness (QED) is 0.812. The highest BCUT2D eigenvalue weighted by Crippen LogP contribution is 2.58. The third-order valence-corrected chi connectivity index (χ3v) is 4.43. The van der Waals surface area contributed by atoms with Crippen molar-refractivity contribution in [3.8, 4) is 0 Å². The standard InChI is InChI=1S/C11H16F2NO3P/c1-3-16-18(15,17-4-2)11(14)9-7-8(12)5-6-10(9)13/h5-7,11H,3-4,14H2,1-2H3/t11-/m1/s1. The summed E-state index contributed by atoms with van der Waals surface area (Å²) in [6.07, 6.45) is 0. The minimum Gasteiger partial charge on any atom is -0.314 e. The molecule has 1 atom stereocenters. The molecule has 18 heavy (non-hydrogen) atoms. The zero-order valence-electron chi connectivity index (χ0n) is 10.2. The first-order valence-electron chi connectivity index (χ1n) is 5.54. The van der Waals surface area contributed by atoms with Crippen LogP contribution >= 0.6 is 7.60 Å². The van der Waals surface area contributed by atoms with Crippen molar-refractivity contribution in [2.45, 2.75) is 19.6 Å². The second-order valence-electron chi connectivity index (χ2n) is 3.49. The number of halogens is 2. The van der Waals surface area contributed by atoms with Crippen LogP contribution in [0.5, 0.6) is 0 Å². The van der Waals surface area contributed by atoms with E-state index in [2.05, 4.69) is 0 Å². The summed E-state index contributed by atoms with van der Waals surface area (Å²) in [6, 6.07) is 2.77. The summed E-state index contributed by atoms with van der Waals surface area (Å²) in [6.45, 7) is 3.42. The highest BCUT2D eigenvalue weighted by molar-refractivity contribution is 7.54. The molecule has 0 saturated carbocycles. The number of nitrogens with two attached hydrogens (primary N) is 1. The molecule has 0 radical (unpaired) electrons. The van der Waals surface area contributed by atoms with Gasteiger partial charge in [-0.25, -0.2) is 8.78 Å². The maximum Gasteiger partial charge on any atom is 0.351 e. The van der Waals surface area contributed by atoms with Gasteiger partial charge >= 0.3 is 7.60 Å². The van der Waals surface area contributed by atoms with Gasteiger partial charge in [0.1, 0.15) is 17.4 Å². The van der Waals surface area contributed by atoms with Crippen LogP contribution in [0, 0.1) is 11.6 Å². The van der Waals surface area contributed by atoms with Crippen molar-refractivity contribution in [1.29, 1.82) is 0 Å². The molecular weight excluding hydrogens is 263 g/mol. The van der Waals surface area contributed by atoms with Gasteiger partial charge in [-0.3, -0.25) is 4.57 Å². The molecule has 4 nitrogen and oxygen atoms in total. The van der Waals surface area contributed by atoms with E-state index in [-0.39, 0.29) is 18.8 Å². The lowest BCUT2D eigenvalue weighted by Crippen LogP contribution is -2.16. The van der Waals surface area contributed by atoms with Gasteiger partial charge in [0.2, 0.25) is 0 Å². The monoisotopic (exact) mass is 279 g/mol. The van der Waals surface area contributed by atoms with Crippen molar-refractivity contribution in [3.63, 3.8) is 0 Å². The molecule has 0 saturated heterocycles. The molecule has 0 spiro atoms. The van der Waals surface area contributed by atoms with Crippen LogP contribution in [0.1, 0.15) is 25.2 Å². The molecule has 1 rings (SSSR count). The van der Waals surface area contributed by atoms with Gasteiger partial charge in [-0.15, -0.1) is 0 Å². The summed E-state index contributed by atoms with van der Waals surface area (Å²) >= 11 is 0. The van der Waals surface area contributed by atoms with E-state index in [1.807, 2.05) is 0 Å². The molecule has 0 aromatic heterocycles. The zero-order valence-corrected chi connectivity index (χ0v) is 11.1. The minimum absolute atomic E-state index is 0.0991. The third-order valence-electron chi connectivity index (χ3n) is 2.24. The minimum atomic E-state index is -3.71. The van der Waals surface area contributed by atoms with Crippen LogP contribution in [0.3, 0.4) is 0 Å². The van der Waals surface area contributed by atoms with E-state index in [1.54, 1.807) is 13.8 Å². The van der Waals surface area contributed by atoms with Crippen LogP contribution in [0.15, 0.2) is 18.2 Å². The molecule has 0 amide bonds. The Morgan fingerprint density at radius 1 is 1.28 bits per heavy atom. The SMILES string of the molecule is CCOP(=O)(OCC)[C@@H](N)c1cc(F)ccc1F. The first-order valence-corrected chi connectivity index (χ1v) is 7.15. The molecule has 0 fully saturated rings. The van der Waals surface area contributed by atoms with Crippen LogP contribution < -0.4 is 5.73 Å². The fraction of sp³-hybridized carbons (Fsp3) is 0.455. The van der Waals surface area contributed by atoms with Crippen molar-refractivity contribution in [3.05, 3.63) is 35.4 Å². The Labute approximate surface area is 105 Å². The van der Waals surface area contributed by atoms with Gasteiger partial charge in [0.25, 0.3) is 0 Å². The van der Waals surface area contributed by atoms with Gasteiger partial charge in [0.15, 0.2) is 0 Å². The molecule has 7 heteroatoms. The third kappa shape index (κ3) is 3.36. The van der Waals surface area contributed by atoms with Crippen LogP contribution in [-0.2, 0) is 13.6 Å². The smallest absolute Gasteiger partial charge is 0.314 e. The van der Waals surface area contributed by atoms with E-state index in [4.69, 9.17) is 14.8 Å². The molecule has 0 unspecified atom stereocenters. The Kier molecular flexibility index (Phi) is 5.41. The Bertz CT molecular complexity index is 446. The summed E-state index contributed by atoms with van der Waals surface area (Å²) in [5.41, 5.74) is 5.47. The summed E-state index contributed by atoms with van der Waals surface area (Å²) in [5, 5.41) is 0. The Morgan fingerprint density at radius 3 is 2.33 bits per heavy atom. The fourth-order valence-electron chi connectivity index (χ4n) is 1.47. The van der Waals surface area contributed by atoms with Crippen LogP contribution in [0.25, 0.3) is 0 Å². The largest absolute Gasteiger partial charge is 0.351 e. The van der Waals surface area contributed by atoms with E-state index in [0.29, 0.717) is 0 Å². The van der Waals surface area contributed by atoms with Gasteiger partial charge in [-0.2, -0.15) is 0 Å². The van der Waals surface area contributed by atoms with E-state index in [0.717, 1.165) is 18.2 Å². The van der Waals surface area contributed by atoms with Crippen molar-refractivity contribution in [2.75, 3.05) is 13.2 Å². The maximum absolute atomic E-state index is 13.6. The molecule has 0 bridgehead atoms. The Balaban J connectivity index is 3.13. The first-order chi connectivity index (χ1) is 8.44. The van der Waals surface area contributed by atoms with E-state index in [1.165, 1.54) is 0 Å². The number of rotatable bonds is 6. The zero-order chi connectivity index (χ0) is 13.8. The first kappa shape index (κ1) is 15.2. The summed E-state index contributed by atoms with van der Waals surface area (Å²) in [5.74, 6) is -2.77. The van der Waals surface area contributed by atoms with Gasteiger partial charge < -0.3 is 14.8 Å². The Morgan fingerprint density at radius 2 is 1.83 bits per heavy atom. The summed E-state index contributed by atoms with van der Waals surface area (Å²) < 4.78 is 48.9. The van der Waals surface area contributed by atoms with E-state index in [9.17, 15) is 13.3 Å². The summed E-state index contributed by atoms with van der Waals surface area (Å²) in [7, 11) is -3.71. The van der Waals surface area contributed by atoms with Crippen molar-refractivity contribution in [2.24, 2.45) is 5.73 Å². The lowest BCUT2D eigenvalue weighted by atomic mass is 10.2. The van der Waals surface area contributed by atoms with Gasteiger partial charge in [-0.1, -0.05) is 0 Å². The molecule has 1 aromatic rings. The average Bonchev–Trinajstić information content (AvgIpc) is 2.32. The van der Waals surface area contributed by atoms with E-state index >= 15 is 0 Å². The van der Waals surface area contributed by atoms with Crippen LogP contribution in [-0.4, -0.2) is 13.2 Å². The van der Waals surface area contributed by atoms with Crippen molar-refractivity contribution < 1.29 is 22.4 Å². The highest BCUT2D eigenvalue weighted by Gasteiger charge is 2.35. The van der Waals surface area contributed by atoms with Gasteiger partial charge in [0.05, 0.1) is 13.2 Å². The number of benzene rings is 1. The van der Waals surface area contributed by atoms with E-state index < -0.39 is 25.0 Å². The van der Waals surface area contributed by atoms with Crippen LogP contribution in [0.4, 0.5) is 8.78 Å². The molecular formula is C11H16F2NO3P. The highest BCUT2D eigenvalue weighted by atomic mass is 31.2. The average molecular weight is 279 g/mol. The molecule has 0 heterocycles. The predicted octanol–water partition coefficient (Wildman–Crippen LogP) is 3.19. The molecule has 1 aromatic carbocycles. The second-order valence-corrected chi connectivity index (χ2v) is 5.64. The second kappa shape index (κ2) is 6.38. The van der Waals surface area contributed by atoms with Crippen LogP contribution in [0.2, 0.25) is 0 Å². The van der Waals surface area contributed by atoms with Gasteiger partial charge in [0, 0.05) is 5.56 Å². The Hall–Kier alpha value is -0.810. The number of hydrogen-bond donors (Lipinski definition) is 1. The lowest BCUT2D eigenvalue weighted by molar-refractivity contribution is 0.212. The molecule has 0 aliphatic heterocycles. The number of hydrogen-bond acceptors (Lipinski definition) is 4. The topological polar surface area (TPSA) is 61.5 Å². The molecule has 0 aliphatic rings. The van der Waals surface area contributed by atoms with Gasteiger partial charge in [-0.05, 0) is 32.0 Å². The predicted molar refractivity (Wildman–Crippen MR) is 64.1 cm³/mol. The normalized spacial score (nSPS) is 13.6. The summed E-state index contributed by atoms with van der Waals surface area (Å²) in [4.78, 5) is 0. The van der Waals surface area contributed by atoms with Crippen molar-refractivity contribution in [1.82, 2.24) is 0 Å². The van der Waals surface area contributed by atoms with Crippen molar-refractivity contribution >= 4 is 7.60 Å². The molecule has 2 N–H and O–H groups in total. The molecule has 102 valence electrons. The molecule has 0 aliphatic carbocycles. The maximum atomic E-state index is 13.6. The fourth-order valence-corrected chi connectivity index (χ4v) is 3.12. The lowest BCUT2D eigenvalue weighted by Gasteiger charge is -2.23.